The molecule has 0 unspecified atom stereocenters. The van der Waals surface area contributed by atoms with Gasteiger partial charge in [0.1, 0.15) is 6.61 Å². The molecule has 6 heteroatoms. The molecule has 0 aliphatic heterocycles. The summed E-state index contributed by atoms with van der Waals surface area (Å²) < 4.78 is 12.4. The Kier molecular flexibility index (Phi) is 5.87. The van der Waals surface area contributed by atoms with Crippen LogP contribution in [0.1, 0.15) is 23.6 Å². The van der Waals surface area contributed by atoms with Crippen molar-refractivity contribution < 1.29 is 14.3 Å². The minimum Gasteiger partial charge on any atom is -0.486 e. The van der Waals surface area contributed by atoms with E-state index in [-0.39, 0.29) is 12.6 Å². The first-order chi connectivity index (χ1) is 13.7. The van der Waals surface area contributed by atoms with Gasteiger partial charge in [0.15, 0.2) is 5.75 Å². The highest BCUT2D eigenvalue weighted by Crippen LogP contribution is 2.23. The second kappa shape index (κ2) is 8.69. The largest absolute Gasteiger partial charge is 0.486 e. The number of rotatable bonds is 6. The van der Waals surface area contributed by atoms with Crippen LogP contribution in [0.4, 0.5) is 0 Å². The smallest absolute Gasteiger partial charge is 0.338 e. The Morgan fingerprint density at radius 2 is 1.96 bits per heavy atom. The third-order valence-corrected chi connectivity index (χ3v) is 4.22. The molecule has 1 heterocycles. The number of nitrogens with zero attached hydrogens (tertiary/aromatic N) is 3. The number of esters is 1. The van der Waals surface area contributed by atoms with Gasteiger partial charge in [-0.25, -0.2) is 9.48 Å². The van der Waals surface area contributed by atoms with E-state index in [2.05, 4.69) is 11.2 Å². The quantitative estimate of drug-likeness (QED) is 0.484. The monoisotopic (exact) mass is 373 g/mol. The molecule has 0 radical (unpaired) electrons. The standard InChI is InChI=1S/C22H19N3O3/c1-3-20(22(26)27-2)21-7-5-4-6-17(21)15-28-19-13-24-25(14-19)18-10-8-16(12-23)9-11-18/h3-11,13-14H,15H2,1-2H3/b20-3+. The summed E-state index contributed by atoms with van der Waals surface area (Å²) in [5, 5.41) is 13.2. The minimum atomic E-state index is -0.386. The molecule has 0 saturated heterocycles. The van der Waals surface area contributed by atoms with Crippen molar-refractivity contribution >= 4 is 11.5 Å². The Hall–Kier alpha value is -3.85. The van der Waals surface area contributed by atoms with Gasteiger partial charge in [-0.15, -0.1) is 0 Å². The van der Waals surface area contributed by atoms with Gasteiger partial charge in [-0.1, -0.05) is 30.3 Å². The lowest BCUT2D eigenvalue weighted by Gasteiger charge is -2.12. The van der Waals surface area contributed by atoms with Crippen molar-refractivity contribution in [1.29, 1.82) is 5.26 Å². The Labute approximate surface area is 163 Å². The molecule has 0 spiro atoms. The van der Waals surface area contributed by atoms with Gasteiger partial charge in [0.2, 0.25) is 0 Å². The molecule has 0 bridgehead atoms. The van der Waals surface area contributed by atoms with Gasteiger partial charge in [0.25, 0.3) is 0 Å². The number of methoxy groups -OCH3 is 1. The number of hydrogen-bond donors (Lipinski definition) is 0. The topological polar surface area (TPSA) is 77.1 Å². The molecule has 0 aliphatic carbocycles. The van der Waals surface area contributed by atoms with Crippen molar-refractivity contribution in [2.24, 2.45) is 0 Å². The third-order valence-electron chi connectivity index (χ3n) is 4.22. The van der Waals surface area contributed by atoms with E-state index in [4.69, 9.17) is 14.7 Å². The Balaban J connectivity index is 1.76. The summed E-state index contributed by atoms with van der Waals surface area (Å²) in [6.07, 6.45) is 5.12. The first-order valence-corrected chi connectivity index (χ1v) is 8.67. The summed E-state index contributed by atoms with van der Waals surface area (Å²) in [4.78, 5) is 12.0. The maximum atomic E-state index is 12.0. The zero-order valence-corrected chi connectivity index (χ0v) is 15.6. The molecule has 2 aromatic carbocycles. The highest BCUT2D eigenvalue weighted by Gasteiger charge is 2.15. The lowest BCUT2D eigenvalue weighted by molar-refractivity contribution is -0.133. The zero-order valence-electron chi connectivity index (χ0n) is 15.6. The Morgan fingerprint density at radius 1 is 1.21 bits per heavy atom. The summed E-state index contributed by atoms with van der Waals surface area (Å²) in [7, 11) is 1.36. The van der Waals surface area contributed by atoms with Crippen LogP contribution in [0.15, 0.2) is 67.0 Å². The molecule has 0 saturated carbocycles. The minimum absolute atomic E-state index is 0.281. The predicted octanol–water partition coefficient (Wildman–Crippen LogP) is 3.90. The number of aromatic nitrogens is 2. The summed E-state index contributed by atoms with van der Waals surface area (Å²) in [5.74, 6) is 0.211. The average Bonchev–Trinajstić information content (AvgIpc) is 3.22. The van der Waals surface area contributed by atoms with Crippen LogP contribution in [0.3, 0.4) is 0 Å². The number of carbonyl (C=O) groups excluding carboxylic acids is 1. The van der Waals surface area contributed by atoms with E-state index in [1.165, 1.54) is 7.11 Å². The van der Waals surface area contributed by atoms with Crippen LogP contribution in [0, 0.1) is 11.3 Å². The van der Waals surface area contributed by atoms with Gasteiger partial charge in [-0.05, 0) is 42.3 Å². The molecular weight excluding hydrogens is 354 g/mol. The van der Waals surface area contributed by atoms with Crippen molar-refractivity contribution in [3.63, 3.8) is 0 Å². The van der Waals surface area contributed by atoms with E-state index in [0.717, 1.165) is 16.8 Å². The molecule has 0 atom stereocenters. The highest BCUT2D eigenvalue weighted by molar-refractivity contribution is 6.16. The van der Waals surface area contributed by atoms with Gasteiger partial charge in [-0.2, -0.15) is 10.4 Å². The zero-order chi connectivity index (χ0) is 19.9. The van der Waals surface area contributed by atoms with E-state index in [0.29, 0.717) is 16.9 Å². The maximum Gasteiger partial charge on any atom is 0.338 e. The number of nitriles is 1. The molecule has 0 amide bonds. The second-order valence-corrected chi connectivity index (χ2v) is 5.92. The number of allylic oxidation sites excluding steroid dienone is 1. The number of ether oxygens (including phenoxy) is 2. The van der Waals surface area contributed by atoms with Crippen molar-refractivity contribution in [3.05, 3.63) is 83.7 Å². The van der Waals surface area contributed by atoms with E-state index in [9.17, 15) is 4.79 Å². The van der Waals surface area contributed by atoms with Crippen LogP contribution >= 0.6 is 0 Å². The number of hydrogen-bond acceptors (Lipinski definition) is 5. The molecule has 6 nitrogen and oxygen atoms in total. The molecule has 3 rings (SSSR count). The van der Waals surface area contributed by atoms with Crippen molar-refractivity contribution in [3.8, 4) is 17.5 Å². The molecular formula is C22H19N3O3. The molecule has 3 aromatic rings. The first kappa shape index (κ1) is 18.9. The van der Waals surface area contributed by atoms with Gasteiger partial charge in [0.05, 0.1) is 42.4 Å². The average molecular weight is 373 g/mol. The van der Waals surface area contributed by atoms with E-state index >= 15 is 0 Å². The number of benzene rings is 2. The van der Waals surface area contributed by atoms with Gasteiger partial charge in [0, 0.05) is 0 Å². The SMILES string of the molecule is C/C=C(/C(=O)OC)c1ccccc1COc1cnn(-c2ccc(C#N)cc2)c1. The second-order valence-electron chi connectivity index (χ2n) is 5.92. The van der Waals surface area contributed by atoms with Crippen LogP contribution in [0.2, 0.25) is 0 Å². The van der Waals surface area contributed by atoms with Crippen molar-refractivity contribution in [2.75, 3.05) is 7.11 Å². The predicted molar refractivity (Wildman–Crippen MR) is 105 cm³/mol. The van der Waals surface area contributed by atoms with Gasteiger partial charge < -0.3 is 9.47 Å². The Bertz CT molecular complexity index is 1040. The summed E-state index contributed by atoms with van der Waals surface area (Å²) >= 11 is 0. The molecule has 0 fully saturated rings. The van der Waals surface area contributed by atoms with E-state index in [1.807, 2.05) is 36.4 Å². The molecule has 140 valence electrons. The lowest BCUT2D eigenvalue weighted by atomic mass is 10.00. The van der Waals surface area contributed by atoms with Crippen LogP contribution < -0.4 is 4.74 Å². The van der Waals surface area contributed by atoms with Gasteiger partial charge in [-0.3, -0.25) is 0 Å². The van der Waals surface area contributed by atoms with E-state index in [1.54, 1.807) is 42.2 Å². The van der Waals surface area contributed by atoms with Crippen LogP contribution in [0.25, 0.3) is 11.3 Å². The fraction of sp³-hybridized carbons (Fsp3) is 0.136. The summed E-state index contributed by atoms with van der Waals surface area (Å²) in [5.41, 5.74) is 3.56. The number of carbonyl (C=O) groups is 1. The molecule has 1 aromatic heterocycles. The fourth-order valence-electron chi connectivity index (χ4n) is 2.77. The van der Waals surface area contributed by atoms with Crippen molar-refractivity contribution in [2.45, 2.75) is 13.5 Å². The summed E-state index contributed by atoms with van der Waals surface area (Å²) in [6.45, 7) is 2.08. The molecule has 0 aliphatic rings. The Morgan fingerprint density at radius 3 is 2.64 bits per heavy atom. The normalized spacial score (nSPS) is 11.0. The van der Waals surface area contributed by atoms with E-state index < -0.39 is 0 Å². The summed E-state index contributed by atoms with van der Waals surface area (Å²) in [6, 6.07) is 16.7. The molecule has 0 N–H and O–H groups in total. The van der Waals surface area contributed by atoms with Crippen LogP contribution in [-0.4, -0.2) is 22.9 Å². The van der Waals surface area contributed by atoms with Crippen LogP contribution in [0.5, 0.6) is 5.75 Å². The fourth-order valence-corrected chi connectivity index (χ4v) is 2.77. The lowest BCUT2D eigenvalue weighted by Crippen LogP contribution is -2.07. The highest BCUT2D eigenvalue weighted by atomic mass is 16.5. The van der Waals surface area contributed by atoms with Crippen molar-refractivity contribution in [1.82, 2.24) is 9.78 Å². The van der Waals surface area contributed by atoms with Crippen LogP contribution in [-0.2, 0) is 16.1 Å². The first-order valence-electron chi connectivity index (χ1n) is 8.67. The maximum absolute atomic E-state index is 12.0. The molecule has 28 heavy (non-hydrogen) atoms. The third kappa shape index (κ3) is 4.10. The van der Waals surface area contributed by atoms with Gasteiger partial charge >= 0.3 is 5.97 Å².